The van der Waals surface area contributed by atoms with Gasteiger partial charge >= 0.3 is 0 Å². The third-order valence-electron chi connectivity index (χ3n) is 2.17. The zero-order valence-corrected chi connectivity index (χ0v) is 10.2. The first-order valence-corrected chi connectivity index (χ1v) is 6.46. The quantitative estimate of drug-likeness (QED) is 0.678. The standard InChI is InChI=1S/C10H22N2OS/c1-4-5-6-9(11)10(13)12-7-8(2)14-3/h8-9H,4-7,11H2,1-3H3,(H,12,13)/t8?,9-/m0/s1. The lowest BCUT2D eigenvalue weighted by Gasteiger charge is -2.14. The van der Waals surface area contributed by atoms with Gasteiger partial charge in [0.1, 0.15) is 0 Å². The first kappa shape index (κ1) is 13.8. The predicted molar refractivity (Wildman–Crippen MR) is 63.5 cm³/mol. The number of carbonyl (C=O) groups excluding carboxylic acids is 1. The van der Waals surface area contributed by atoms with Crippen molar-refractivity contribution in [2.45, 2.75) is 44.4 Å². The number of hydrogen-bond acceptors (Lipinski definition) is 3. The molecule has 3 nitrogen and oxygen atoms in total. The summed E-state index contributed by atoms with van der Waals surface area (Å²) in [6.45, 7) is 4.89. The summed E-state index contributed by atoms with van der Waals surface area (Å²) in [6, 6.07) is -0.330. The van der Waals surface area contributed by atoms with E-state index in [1.165, 1.54) is 0 Å². The van der Waals surface area contributed by atoms with Crippen LogP contribution >= 0.6 is 11.8 Å². The lowest BCUT2D eigenvalue weighted by atomic mass is 10.1. The molecule has 84 valence electrons. The van der Waals surface area contributed by atoms with E-state index >= 15 is 0 Å². The van der Waals surface area contributed by atoms with Gasteiger partial charge in [0.15, 0.2) is 0 Å². The van der Waals surface area contributed by atoms with Gasteiger partial charge in [-0.3, -0.25) is 4.79 Å². The number of thioether (sulfide) groups is 1. The van der Waals surface area contributed by atoms with Crippen LogP contribution in [0.25, 0.3) is 0 Å². The molecule has 4 heteroatoms. The maximum atomic E-state index is 11.4. The summed E-state index contributed by atoms with van der Waals surface area (Å²) in [6.07, 6.45) is 4.93. The third kappa shape index (κ3) is 6.27. The van der Waals surface area contributed by atoms with Crippen LogP contribution in [0.3, 0.4) is 0 Å². The SMILES string of the molecule is CCCC[C@H](N)C(=O)NCC(C)SC. The van der Waals surface area contributed by atoms with Crippen molar-refractivity contribution >= 4 is 17.7 Å². The summed E-state index contributed by atoms with van der Waals surface area (Å²) in [5.74, 6) is -0.0145. The summed E-state index contributed by atoms with van der Waals surface area (Å²) in [4.78, 5) is 11.4. The van der Waals surface area contributed by atoms with Crippen LogP contribution < -0.4 is 11.1 Å². The number of carbonyl (C=O) groups is 1. The number of rotatable bonds is 7. The van der Waals surface area contributed by atoms with E-state index in [1.54, 1.807) is 11.8 Å². The molecule has 0 bridgehead atoms. The number of nitrogens with two attached hydrogens (primary N) is 1. The number of hydrogen-bond donors (Lipinski definition) is 2. The van der Waals surface area contributed by atoms with Crippen LogP contribution in [0.4, 0.5) is 0 Å². The van der Waals surface area contributed by atoms with Crippen LogP contribution in [-0.2, 0) is 4.79 Å². The molecule has 0 spiro atoms. The average molecular weight is 218 g/mol. The van der Waals surface area contributed by atoms with Crippen molar-refractivity contribution < 1.29 is 4.79 Å². The van der Waals surface area contributed by atoms with E-state index in [2.05, 4.69) is 19.2 Å². The maximum Gasteiger partial charge on any atom is 0.236 e. The minimum Gasteiger partial charge on any atom is -0.354 e. The Bertz CT molecular complexity index is 164. The fourth-order valence-electron chi connectivity index (χ4n) is 1.01. The van der Waals surface area contributed by atoms with E-state index < -0.39 is 0 Å². The van der Waals surface area contributed by atoms with Gasteiger partial charge in [-0.05, 0) is 12.7 Å². The molecule has 2 atom stereocenters. The van der Waals surface area contributed by atoms with Crippen LogP contribution in [0.2, 0.25) is 0 Å². The van der Waals surface area contributed by atoms with E-state index in [1.807, 2.05) is 6.26 Å². The molecule has 0 fully saturated rings. The van der Waals surface area contributed by atoms with Crippen molar-refractivity contribution in [2.24, 2.45) is 5.73 Å². The number of unbranched alkanes of at least 4 members (excludes halogenated alkanes) is 1. The van der Waals surface area contributed by atoms with E-state index in [9.17, 15) is 4.79 Å². The molecule has 0 aliphatic heterocycles. The summed E-state index contributed by atoms with van der Waals surface area (Å²) in [7, 11) is 0. The lowest BCUT2D eigenvalue weighted by molar-refractivity contribution is -0.122. The Balaban J connectivity index is 3.61. The highest BCUT2D eigenvalue weighted by atomic mass is 32.2. The van der Waals surface area contributed by atoms with Crippen LogP contribution in [-0.4, -0.2) is 30.0 Å². The van der Waals surface area contributed by atoms with Crippen molar-refractivity contribution in [3.05, 3.63) is 0 Å². The molecule has 0 aromatic carbocycles. The smallest absolute Gasteiger partial charge is 0.236 e. The molecule has 0 aliphatic carbocycles. The molecule has 0 saturated heterocycles. The maximum absolute atomic E-state index is 11.4. The van der Waals surface area contributed by atoms with Gasteiger partial charge in [0.05, 0.1) is 6.04 Å². The molecule has 0 rings (SSSR count). The van der Waals surface area contributed by atoms with Gasteiger partial charge in [-0.15, -0.1) is 0 Å². The fraction of sp³-hybridized carbons (Fsp3) is 0.900. The summed E-state index contributed by atoms with van der Waals surface area (Å²) >= 11 is 1.74. The summed E-state index contributed by atoms with van der Waals surface area (Å²) in [5, 5.41) is 3.31. The van der Waals surface area contributed by atoms with E-state index in [0.717, 1.165) is 19.3 Å². The highest BCUT2D eigenvalue weighted by molar-refractivity contribution is 7.99. The first-order chi connectivity index (χ1) is 6.61. The van der Waals surface area contributed by atoms with Gasteiger partial charge in [0.2, 0.25) is 5.91 Å². The van der Waals surface area contributed by atoms with Crippen LogP contribution in [0, 0.1) is 0 Å². The second kappa shape index (κ2) is 8.12. The Kier molecular flexibility index (Phi) is 7.99. The molecule has 1 unspecified atom stereocenters. The number of amides is 1. The van der Waals surface area contributed by atoms with Gasteiger partial charge < -0.3 is 11.1 Å². The zero-order chi connectivity index (χ0) is 11.0. The Morgan fingerprint density at radius 2 is 2.21 bits per heavy atom. The molecule has 14 heavy (non-hydrogen) atoms. The van der Waals surface area contributed by atoms with E-state index in [0.29, 0.717) is 11.8 Å². The highest BCUT2D eigenvalue weighted by Gasteiger charge is 2.12. The average Bonchev–Trinajstić information content (AvgIpc) is 2.21. The normalized spacial score (nSPS) is 14.9. The van der Waals surface area contributed by atoms with Crippen LogP contribution in [0.15, 0.2) is 0 Å². The lowest BCUT2D eigenvalue weighted by Crippen LogP contribution is -2.42. The molecule has 0 aromatic rings. The van der Waals surface area contributed by atoms with Crippen molar-refractivity contribution in [3.8, 4) is 0 Å². The fourth-order valence-corrected chi connectivity index (χ4v) is 1.26. The molecule has 0 heterocycles. The monoisotopic (exact) mass is 218 g/mol. The van der Waals surface area contributed by atoms with Crippen molar-refractivity contribution in [1.29, 1.82) is 0 Å². The van der Waals surface area contributed by atoms with Crippen LogP contribution in [0.5, 0.6) is 0 Å². The van der Waals surface area contributed by atoms with Gasteiger partial charge in [0.25, 0.3) is 0 Å². The minimum absolute atomic E-state index is 0.0145. The Hall–Kier alpha value is -0.220. The van der Waals surface area contributed by atoms with Crippen molar-refractivity contribution in [2.75, 3.05) is 12.8 Å². The highest BCUT2D eigenvalue weighted by Crippen LogP contribution is 2.03. The van der Waals surface area contributed by atoms with Crippen molar-refractivity contribution in [3.63, 3.8) is 0 Å². The summed E-state index contributed by atoms with van der Waals surface area (Å²) < 4.78 is 0. The Morgan fingerprint density at radius 1 is 1.57 bits per heavy atom. The molecule has 3 N–H and O–H groups in total. The molecular formula is C10H22N2OS. The van der Waals surface area contributed by atoms with Crippen LogP contribution in [0.1, 0.15) is 33.1 Å². The molecule has 0 saturated carbocycles. The molecule has 0 radical (unpaired) electrons. The predicted octanol–water partition coefficient (Wildman–Crippen LogP) is 1.37. The van der Waals surface area contributed by atoms with Gasteiger partial charge in [-0.25, -0.2) is 0 Å². The van der Waals surface area contributed by atoms with Crippen molar-refractivity contribution in [1.82, 2.24) is 5.32 Å². The number of nitrogens with one attached hydrogen (secondary N) is 1. The Labute approximate surface area is 91.2 Å². The van der Waals surface area contributed by atoms with Gasteiger partial charge in [0, 0.05) is 11.8 Å². The zero-order valence-electron chi connectivity index (χ0n) is 9.38. The second-order valence-electron chi connectivity index (χ2n) is 3.54. The van der Waals surface area contributed by atoms with Gasteiger partial charge in [-0.2, -0.15) is 11.8 Å². The first-order valence-electron chi connectivity index (χ1n) is 5.17. The topological polar surface area (TPSA) is 55.1 Å². The second-order valence-corrected chi connectivity index (χ2v) is 4.82. The molecular weight excluding hydrogens is 196 g/mol. The molecule has 0 aliphatic rings. The van der Waals surface area contributed by atoms with Gasteiger partial charge in [-0.1, -0.05) is 26.7 Å². The third-order valence-corrected chi connectivity index (χ3v) is 3.14. The Morgan fingerprint density at radius 3 is 2.71 bits per heavy atom. The minimum atomic E-state index is -0.330. The van der Waals surface area contributed by atoms with E-state index in [-0.39, 0.29) is 11.9 Å². The molecule has 1 amide bonds. The molecule has 0 aromatic heterocycles. The van der Waals surface area contributed by atoms with E-state index in [4.69, 9.17) is 5.73 Å². The summed E-state index contributed by atoms with van der Waals surface area (Å²) in [5.41, 5.74) is 5.71. The largest absolute Gasteiger partial charge is 0.354 e.